The zero-order valence-electron chi connectivity index (χ0n) is 19.3. The third-order valence-electron chi connectivity index (χ3n) is 4.72. The lowest BCUT2D eigenvalue weighted by Gasteiger charge is -2.21. The highest BCUT2D eigenvalue weighted by molar-refractivity contribution is 7.92. The number of nitrogens with zero attached hydrogens (tertiary/aromatic N) is 2. The number of hydrogen-bond donors (Lipinski definition) is 1. The van der Waals surface area contributed by atoms with E-state index in [1.807, 2.05) is 61.5 Å². The SMILES string of the molecule is CCOc1ccc(/C(C)=N\NC(=O)CN(c2ccc(Oc3ccccc3)cc2)S(C)(=O)=O)cc1. The van der Waals surface area contributed by atoms with Crippen LogP contribution in [0.15, 0.2) is 84.0 Å². The Balaban J connectivity index is 1.66. The van der Waals surface area contributed by atoms with Crippen molar-refractivity contribution < 1.29 is 22.7 Å². The highest BCUT2D eigenvalue weighted by Gasteiger charge is 2.21. The second-order valence-corrected chi connectivity index (χ2v) is 9.28. The first-order valence-corrected chi connectivity index (χ1v) is 12.5. The molecule has 3 aromatic carbocycles. The summed E-state index contributed by atoms with van der Waals surface area (Å²) >= 11 is 0. The molecule has 1 amide bonds. The predicted molar refractivity (Wildman–Crippen MR) is 133 cm³/mol. The summed E-state index contributed by atoms with van der Waals surface area (Å²) in [7, 11) is -3.72. The van der Waals surface area contributed by atoms with Gasteiger partial charge in [0.05, 0.1) is 24.3 Å². The van der Waals surface area contributed by atoms with Crippen LogP contribution in [0.25, 0.3) is 0 Å². The number of sulfonamides is 1. The molecule has 34 heavy (non-hydrogen) atoms. The van der Waals surface area contributed by atoms with Gasteiger partial charge in [-0.25, -0.2) is 13.8 Å². The summed E-state index contributed by atoms with van der Waals surface area (Å²) in [5.41, 5.74) is 4.14. The molecule has 178 valence electrons. The van der Waals surface area contributed by atoms with Crippen molar-refractivity contribution in [2.75, 3.05) is 23.7 Å². The van der Waals surface area contributed by atoms with Crippen LogP contribution in [0.2, 0.25) is 0 Å². The Morgan fingerprint density at radius 1 is 0.912 bits per heavy atom. The molecule has 0 aliphatic carbocycles. The molecule has 0 aromatic heterocycles. The number of carbonyl (C=O) groups excluding carboxylic acids is 1. The summed E-state index contributed by atoms with van der Waals surface area (Å²) in [6.07, 6.45) is 1.04. The highest BCUT2D eigenvalue weighted by Crippen LogP contribution is 2.25. The van der Waals surface area contributed by atoms with Crippen molar-refractivity contribution in [1.82, 2.24) is 5.43 Å². The zero-order chi connectivity index (χ0) is 24.6. The van der Waals surface area contributed by atoms with Gasteiger partial charge in [0, 0.05) is 0 Å². The lowest BCUT2D eigenvalue weighted by Crippen LogP contribution is -2.39. The van der Waals surface area contributed by atoms with Crippen molar-refractivity contribution in [2.24, 2.45) is 5.10 Å². The summed E-state index contributed by atoms with van der Waals surface area (Å²) in [5.74, 6) is 1.38. The maximum atomic E-state index is 12.5. The van der Waals surface area contributed by atoms with E-state index < -0.39 is 22.5 Å². The van der Waals surface area contributed by atoms with E-state index >= 15 is 0 Å². The molecule has 3 aromatic rings. The molecule has 1 N–H and O–H groups in total. The van der Waals surface area contributed by atoms with Gasteiger partial charge in [0.1, 0.15) is 23.8 Å². The predicted octanol–water partition coefficient (Wildman–Crippen LogP) is 4.18. The van der Waals surface area contributed by atoms with Gasteiger partial charge in [0.25, 0.3) is 5.91 Å². The molecule has 0 heterocycles. The number of hydrogen-bond acceptors (Lipinski definition) is 6. The molecule has 0 saturated carbocycles. The molecule has 0 unspecified atom stereocenters. The van der Waals surface area contributed by atoms with Crippen LogP contribution < -0.4 is 19.2 Å². The first kappa shape index (κ1) is 24.8. The van der Waals surface area contributed by atoms with Gasteiger partial charge in [-0.2, -0.15) is 5.10 Å². The van der Waals surface area contributed by atoms with E-state index in [4.69, 9.17) is 9.47 Å². The van der Waals surface area contributed by atoms with Gasteiger partial charge in [-0.3, -0.25) is 9.10 Å². The van der Waals surface area contributed by atoms with E-state index in [1.54, 1.807) is 31.2 Å². The Kier molecular flexibility index (Phi) is 8.26. The van der Waals surface area contributed by atoms with E-state index in [2.05, 4.69) is 10.5 Å². The van der Waals surface area contributed by atoms with E-state index in [-0.39, 0.29) is 0 Å². The Hall–Kier alpha value is -3.85. The van der Waals surface area contributed by atoms with Gasteiger partial charge in [-0.15, -0.1) is 0 Å². The van der Waals surface area contributed by atoms with E-state index in [9.17, 15) is 13.2 Å². The first-order valence-electron chi connectivity index (χ1n) is 10.6. The minimum absolute atomic E-state index is 0.338. The van der Waals surface area contributed by atoms with Crippen LogP contribution in [0.3, 0.4) is 0 Å². The molecule has 0 radical (unpaired) electrons. The fourth-order valence-electron chi connectivity index (χ4n) is 3.04. The number of rotatable bonds is 10. The summed E-state index contributed by atoms with van der Waals surface area (Å²) in [6, 6.07) is 23.0. The van der Waals surface area contributed by atoms with Gasteiger partial charge in [0.2, 0.25) is 10.0 Å². The third-order valence-corrected chi connectivity index (χ3v) is 5.86. The monoisotopic (exact) mass is 481 g/mol. The minimum Gasteiger partial charge on any atom is -0.494 e. The molecular formula is C25H27N3O5S. The van der Waals surface area contributed by atoms with Crippen molar-refractivity contribution in [3.05, 3.63) is 84.4 Å². The van der Waals surface area contributed by atoms with E-state index in [1.165, 1.54) is 0 Å². The molecule has 8 nitrogen and oxygen atoms in total. The average Bonchev–Trinajstić information content (AvgIpc) is 2.82. The normalized spacial score (nSPS) is 11.6. The topological polar surface area (TPSA) is 97.3 Å². The zero-order valence-corrected chi connectivity index (χ0v) is 20.1. The maximum absolute atomic E-state index is 12.5. The van der Waals surface area contributed by atoms with E-state index in [0.717, 1.165) is 21.9 Å². The number of amides is 1. The number of hydrazone groups is 1. The quantitative estimate of drug-likeness (QED) is 0.346. The van der Waals surface area contributed by atoms with Crippen molar-refractivity contribution in [1.29, 1.82) is 0 Å². The van der Waals surface area contributed by atoms with Gasteiger partial charge in [-0.1, -0.05) is 18.2 Å². The molecule has 0 aliphatic heterocycles. The summed E-state index contributed by atoms with van der Waals surface area (Å²) in [5, 5.41) is 4.09. The third kappa shape index (κ3) is 7.08. The summed E-state index contributed by atoms with van der Waals surface area (Å²) < 4.78 is 36.9. The van der Waals surface area contributed by atoms with Crippen molar-refractivity contribution in [3.63, 3.8) is 0 Å². The van der Waals surface area contributed by atoms with Crippen LogP contribution in [0.1, 0.15) is 19.4 Å². The second kappa shape index (κ2) is 11.3. The Morgan fingerprint density at radius 2 is 1.50 bits per heavy atom. The van der Waals surface area contributed by atoms with E-state index in [0.29, 0.717) is 29.5 Å². The van der Waals surface area contributed by atoms with Crippen molar-refractivity contribution in [3.8, 4) is 17.2 Å². The van der Waals surface area contributed by atoms with Crippen molar-refractivity contribution >= 4 is 27.3 Å². The van der Waals surface area contributed by atoms with Crippen LogP contribution >= 0.6 is 0 Å². The molecule has 9 heteroatoms. The van der Waals surface area contributed by atoms with Gasteiger partial charge in [-0.05, 0) is 80.1 Å². The number of ether oxygens (including phenoxy) is 2. The number of carbonyl (C=O) groups is 1. The van der Waals surface area contributed by atoms with Crippen LogP contribution in [0.5, 0.6) is 17.2 Å². The molecule has 0 bridgehead atoms. The van der Waals surface area contributed by atoms with Crippen LogP contribution in [-0.2, 0) is 14.8 Å². The number of para-hydroxylation sites is 1. The average molecular weight is 482 g/mol. The fraction of sp³-hybridized carbons (Fsp3) is 0.200. The minimum atomic E-state index is -3.72. The standard InChI is InChI=1S/C25H27N3O5S/c1-4-32-22-14-10-20(11-15-22)19(2)26-27-25(29)18-28(34(3,30)31)21-12-16-24(17-13-21)33-23-8-6-5-7-9-23/h5-17H,4,18H2,1-3H3,(H,27,29)/b26-19-. The highest BCUT2D eigenvalue weighted by atomic mass is 32.2. The first-order chi connectivity index (χ1) is 16.3. The summed E-state index contributed by atoms with van der Waals surface area (Å²) in [6.45, 7) is 3.80. The lowest BCUT2D eigenvalue weighted by molar-refractivity contribution is -0.119. The maximum Gasteiger partial charge on any atom is 0.260 e. The fourth-order valence-corrected chi connectivity index (χ4v) is 3.90. The summed E-state index contributed by atoms with van der Waals surface area (Å²) in [4.78, 5) is 12.5. The largest absolute Gasteiger partial charge is 0.494 e. The van der Waals surface area contributed by atoms with Gasteiger partial charge in [0.15, 0.2) is 0 Å². The van der Waals surface area contributed by atoms with Gasteiger partial charge >= 0.3 is 0 Å². The Labute approximate surface area is 199 Å². The molecule has 3 rings (SSSR count). The van der Waals surface area contributed by atoms with Gasteiger partial charge < -0.3 is 9.47 Å². The molecule has 0 fully saturated rings. The lowest BCUT2D eigenvalue weighted by atomic mass is 10.1. The molecule has 0 saturated heterocycles. The Morgan fingerprint density at radius 3 is 2.09 bits per heavy atom. The Bertz CT molecular complexity index is 1230. The number of nitrogens with one attached hydrogen (secondary N) is 1. The molecule has 0 aliphatic rings. The smallest absolute Gasteiger partial charge is 0.260 e. The second-order valence-electron chi connectivity index (χ2n) is 7.37. The van der Waals surface area contributed by atoms with Crippen LogP contribution in [0, 0.1) is 0 Å². The molecule has 0 atom stereocenters. The molecular weight excluding hydrogens is 454 g/mol. The van der Waals surface area contributed by atoms with Crippen molar-refractivity contribution in [2.45, 2.75) is 13.8 Å². The number of anilines is 1. The van der Waals surface area contributed by atoms with Crippen LogP contribution in [-0.4, -0.2) is 39.4 Å². The van der Waals surface area contributed by atoms with Crippen LogP contribution in [0.4, 0.5) is 5.69 Å². The number of benzene rings is 3. The molecule has 0 spiro atoms.